The molecule has 0 heterocycles. The van der Waals surface area contributed by atoms with Gasteiger partial charge in [-0.25, -0.2) is 0 Å². The summed E-state index contributed by atoms with van der Waals surface area (Å²) in [6.07, 6.45) is 0. The highest BCUT2D eigenvalue weighted by Crippen LogP contribution is 2.23. The lowest BCUT2D eigenvalue weighted by Gasteiger charge is -2.08. The van der Waals surface area contributed by atoms with Crippen LogP contribution in [0.5, 0.6) is 0 Å². The van der Waals surface area contributed by atoms with Crippen LogP contribution in [-0.2, 0) is 4.84 Å². The lowest BCUT2D eigenvalue weighted by atomic mass is 10.0. The largest absolute Gasteiger partial charge is 0.399 e. The highest BCUT2D eigenvalue weighted by molar-refractivity contribution is 6.15. The number of azide groups is 1. The lowest BCUT2D eigenvalue weighted by molar-refractivity contribution is 0.214. The third-order valence-corrected chi connectivity index (χ3v) is 2.54. The van der Waals surface area contributed by atoms with Crippen LogP contribution in [0.15, 0.2) is 64.9 Å². The summed E-state index contributed by atoms with van der Waals surface area (Å²) in [7, 11) is 1.49. The van der Waals surface area contributed by atoms with Gasteiger partial charge in [0.1, 0.15) is 12.8 Å². The third-order valence-electron chi connectivity index (χ3n) is 2.54. The Balaban J connectivity index is 2.59. The van der Waals surface area contributed by atoms with E-state index in [4.69, 9.17) is 10.4 Å². The van der Waals surface area contributed by atoms with Gasteiger partial charge in [0.25, 0.3) is 0 Å². The van der Waals surface area contributed by atoms with Crippen LogP contribution >= 0.6 is 0 Å². The first-order chi connectivity index (χ1) is 9.36. The molecule has 0 bridgehead atoms. The first-order valence-electron chi connectivity index (χ1n) is 5.68. The molecule has 0 aliphatic rings. The number of hydrogen-bond acceptors (Lipinski definition) is 3. The Hall–Kier alpha value is -2.78. The summed E-state index contributed by atoms with van der Waals surface area (Å²) in [5.74, 6) is 0. The van der Waals surface area contributed by atoms with Gasteiger partial charge in [-0.1, -0.05) is 64.9 Å². The Morgan fingerprint density at radius 3 is 2.42 bits per heavy atom. The molecular formula is C14H12N4O. The molecule has 5 nitrogen and oxygen atoms in total. The molecule has 94 valence electrons. The van der Waals surface area contributed by atoms with Gasteiger partial charge in [-0.2, -0.15) is 0 Å². The van der Waals surface area contributed by atoms with Gasteiger partial charge < -0.3 is 4.84 Å². The highest BCUT2D eigenvalue weighted by atomic mass is 16.6. The average molecular weight is 252 g/mol. The zero-order valence-corrected chi connectivity index (χ0v) is 10.4. The molecule has 0 amide bonds. The van der Waals surface area contributed by atoms with Gasteiger partial charge in [0.15, 0.2) is 0 Å². The molecule has 2 rings (SSSR count). The van der Waals surface area contributed by atoms with Crippen LogP contribution in [0.3, 0.4) is 0 Å². The summed E-state index contributed by atoms with van der Waals surface area (Å²) in [6, 6.07) is 16.8. The molecule has 5 heteroatoms. The number of oxime groups is 1. The van der Waals surface area contributed by atoms with Crippen molar-refractivity contribution in [3.8, 4) is 0 Å². The molecular weight excluding hydrogens is 240 g/mol. The van der Waals surface area contributed by atoms with E-state index >= 15 is 0 Å². The molecule has 0 saturated carbocycles. The predicted octanol–water partition coefficient (Wildman–Crippen LogP) is 4.03. The molecule has 0 aromatic heterocycles. The molecule has 0 N–H and O–H groups in total. The first-order valence-corrected chi connectivity index (χ1v) is 5.68. The fourth-order valence-electron chi connectivity index (χ4n) is 1.75. The van der Waals surface area contributed by atoms with E-state index in [-0.39, 0.29) is 0 Å². The van der Waals surface area contributed by atoms with Crippen LogP contribution in [0.1, 0.15) is 11.1 Å². The van der Waals surface area contributed by atoms with Crippen LogP contribution in [0.2, 0.25) is 0 Å². The first kappa shape index (κ1) is 12.7. The number of hydrogen-bond donors (Lipinski definition) is 0. The van der Waals surface area contributed by atoms with Crippen molar-refractivity contribution in [2.75, 3.05) is 7.11 Å². The zero-order chi connectivity index (χ0) is 13.5. The van der Waals surface area contributed by atoms with Gasteiger partial charge in [-0.05, 0) is 5.53 Å². The van der Waals surface area contributed by atoms with E-state index in [2.05, 4.69) is 15.2 Å². The van der Waals surface area contributed by atoms with Gasteiger partial charge in [0.05, 0.1) is 0 Å². The van der Waals surface area contributed by atoms with Crippen LogP contribution in [0.25, 0.3) is 10.4 Å². The van der Waals surface area contributed by atoms with E-state index in [0.717, 1.165) is 11.1 Å². The van der Waals surface area contributed by atoms with Crippen LogP contribution in [-0.4, -0.2) is 12.8 Å². The van der Waals surface area contributed by atoms with E-state index in [9.17, 15) is 0 Å². The number of rotatable bonds is 4. The van der Waals surface area contributed by atoms with E-state index < -0.39 is 0 Å². The van der Waals surface area contributed by atoms with E-state index in [1.54, 1.807) is 6.07 Å². The molecule has 2 aromatic carbocycles. The molecule has 0 fully saturated rings. The smallest absolute Gasteiger partial charge is 0.117 e. The highest BCUT2D eigenvalue weighted by Gasteiger charge is 2.11. The van der Waals surface area contributed by atoms with Crippen molar-refractivity contribution in [2.45, 2.75) is 0 Å². The standard InChI is InChI=1S/C14H12N4O/c1-19-17-14(11-7-3-2-4-8-11)12-9-5-6-10-13(12)16-18-15/h2-10H,1H3/b17-14+. The van der Waals surface area contributed by atoms with Gasteiger partial charge in [-0.3, -0.25) is 0 Å². The lowest BCUT2D eigenvalue weighted by Crippen LogP contribution is -2.04. The van der Waals surface area contributed by atoms with Gasteiger partial charge in [0.2, 0.25) is 0 Å². The Morgan fingerprint density at radius 2 is 1.74 bits per heavy atom. The SMILES string of the molecule is CO/N=C(\c1ccccc1)c1ccccc1N=[N+]=[N-]. The van der Waals surface area contributed by atoms with Gasteiger partial charge in [0, 0.05) is 21.7 Å². The summed E-state index contributed by atoms with van der Waals surface area (Å²) in [4.78, 5) is 7.73. The number of nitrogens with zero attached hydrogens (tertiary/aromatic N) is 4. The Morgan fingerprint density at radius 1 is 1.05 bits per heavy atom. The van der Waals surface area contributed by atoms with Crippen molar-refractivity contribution < 1.29 is 4.84 Å². The Kier molecular flexibility index (Phi) is 4.16. The third kappa shape index (κ3) is 2.91. The van der Waals surface area contributed by atoms with Crippen molar-refractivity contribution in [2.24, 2.45) is 10.3 Å². The quantitative estimate of drug-likeness (QED) is 0.266. The fraction of sp³-hybridized carbons (Fsp3) is 0.0714. The topological polar surface area (TPSA) is 70.4 Å². The molecule has 19 heavy (non-hydrogen) atoms. The van der Waals surface area contributed by atoms with Gasteiger partial charge in [-0.15, -0.1) is 0 Å². The van der Waals surface area contributed by atoms with Crippen molar-refractivity contribution in [1.82, 2.24) is 0 Å². The summed E-state index contributed by atoms with van der Waals surface area (Å²) in [5.41, 5.74) is 11.4. The molecule has 0 aliphatic heterocycles. The Bertz CT molecular complexity index is 631. The van der Waals surface area contributed by atoms with E-state index in [0.29, 0.717) is 11.4 Å². The molecule has 0 saturated heterocycles. The average Bonchev–Trinajstić information content (AvgIpc) is 2.47. The Labute approximate surface area is 110 Å². The van der Waals surface area contributed by atoms with Crippen molar-refractivity contribution >= 4 is 11.4 Å². The van der Waals surface area contributed by atoms with Crippen molar-refractivity contribution in [1.29, 1.82) is 0 Å². The monoisotopic (exact) mass is 252 g/mol. The zero-order valence-electron chi connectivity index (χ0n) is 10.4. The minimum absolute atomic E-state index is 0.518. The van der Waals surface area contributed by atoms with Crippen molar-refractivity contribution in [3.63, 3.8) is 0 Å². The maximum atomic E-state index is 8.61. The maximum absolute atomic E-state index is 8.61. The molecule has 0 spiro atoms. The number of benzene rings is 2. The van der Waals surface area contributed by atoms with Crippen LogP contribution < -0.4 is 0 Å². The second-order valence-corrected chi connectivity index (χ2v) is 3.70. The molecule has 0 radical (unpaired) electrons. The van der Waals surface area contributed by atoms with E-state index in [1.165, 1.54) is 7.11 Å². The summed E-state index contributed by atoms with van der Waals surface area (Å²) in [5, 5.41) is 7.72. The maximum Gasteiger partial charge on any atom is 0.117 e. The molecule has 0 aliphatic carbocycles. The summed E-state index contributed by atoms with van der Waals surface area (Å²) >= 11 is 0. The minimum Gasteiger partial charge on any atom is -0.399 e. The predicted molar refractivity (Wildman–Crippen MR) is 74.3 cm³/mol. The fourth-order valence-corrected chi connectivity index (χ4v) is 1.75. The van der Waals surface area contributed by atoms with Crippen LogP contribution in [0, 0.1) is 0 Å². The molecule has 2 aromatic rings. The van der Waals surface area contributed by atoms with E-state index in [1.807, 2.05) is 48.5 Å². The van der Waals surface area contributed by atoms with Crippen molar-refractivity contribution in [3.05, 3.63) is 76.2 Å². The molecule has 0 unspecified atom stereocenters. The molecule has 0 atom stereocenters. The van der Waals surface area contributed by atoms with Crippen LogP contribution in [0.4, 0.5) is 5.69 Å². The van der Waals surface area contributed by atoms with Gasteiger partial charge >= 0.3 is 0 Å². The second-order valence-electron chi connectivity index (χ2n) is 3.70. The summed E-state index contributed by atoms with van der Waals surface area (Å²) in [6.45, 7) is 0. The summed E-state index contributed by atoms with van der Waals surface area (Å²) < 4.78 is 0. The second kappa shape index (κ2) is 6.23. The normalized spacial score (nSPS) is 10.7. The minimum atomic E-state index is 0.518.